The van der Waals surface area contributed by atoms with Gasteiger partial charge in [0.25, 0.3) is 5.56 Å². The highest BCUT2D eigenvalue weighted by Crippen LogP contribution is 2.23. The molecule has 1 aliphatic heterocycles. The molecule has 1 N–H and O–H groups in total. The van der Waals surface area contributed by atoms with Crippen molar-refractivity contribution in [1.29, 1.82) is 0 Å². The van der Waals surface area contributed by atoms with Crippen molar-refractivity contribution in [2.24, 2.45) is 20.0 Å². The summed E-state index contributed by atoms with van der Waals surface area (Å²) >= 11 is 0. The molecule has 130 valence electrons. The van der Waals surface area contributed by atoms with Crippen molar-refractivity contribution < 1.29 is 9.53 Å². The molecule has 2 aromatic rings. The first-order valence-corrected chi connectivity index (χ1v) is 8.01. The Hall–Kier alpha value is -2.58. The average molecular weight is 335 g/mol. The Morgan fingerprint density at radius 3 is 2.79 bits per heavy atom. The number of imidazole rings is 1. The van der Waals surface area contributed by atoms with Gasteiger partial charge in [0.1, 0.15) is 0 Å². The third-order valence-corrected chi connectivity index (χ3v) is 4.42. The van der Waals surface area contributed by atoms with Gasteiger partial charge in [-0.15, -0.1) is 0 Å². The molecule has 9 heteroatoms. The number of hydrogen-bond donors (Lipinski definition) is 1. The van der Waals surface area contributed by atoms with Gasteiger partial charge in [0.2, 0.25) is 5.95 Å². The molecule has 0 saturated carbocycles. The van der Waals surface area contributed by atoms with E-state index in [0.29, 0.717) is 24.7 Å². The number of nitrogens with zero attached hydrogens (tertiary/aromatic N) is 4. The standard InChI is InChI=1S/C15H21N5O4/c1-4-24-13(22)9-6-5-7-20(8-9)14-16-10-11(17-14)18(2)15(23)19(3)12(10)21/h9H,4-8H2,1-3H3,(H,16,17)/t9-/m1/s1. The van der Waals surface area contributed by atoms with Crippen LogP contribution >= 0.6 is 0 Å². The number of aryl methyl sites for hydroxylation is 1. The normalized spacial score (nSPS) is 18.1. The van der Waals surface area contributed by atoms with Crippen LogP contribution in [0, 0.1) is 5.92 Å². The Morgan fingerprint density at radius 2 is 2.08 bits per heavy atom. The topological polar surface area (TPSA) is 102 Å². The van der Waals surface area contributed by atoms with E-state index in [1.165, 1.54) is 11.6 Å². The second kappa shape index (κ2) is 6.14. The minimum absolute atomic E-state index is 0.207. The zero-order valence-electron chi connectivity index (χ0n) is 14.0. The third-order valence-electron chi connectivity index (χ3n) is 4.42. The molecular weight excluding hydrogens is 314 g/mol. The van der Waals surface area contributed by atoms with Crippen LogP contribution in [0.1, 0.15) is 19.8 Å². The summed E-state index contributed by atoms with van der Waals surface area (Å²) in [5.41, 5.74) is -0.233. The highest BCUT2D eigenvalue weighted by molar-refractivity contribution is 5.75. The molecule has 9 nitrogen and oxygen atoms in total. The third kappa shape index (κ3) is 2.59. The predicted octanol–water partition coefficient (Wildman–Crippen LogP) is -0.260. The number of esters is 1. The van der Waals surface area contributed by atoms with Gasteiger partial charge < -0.3 is 14.6 Å². The summed E-state index contributed by atoms with van der Waals surface area (Å²) < 4.78 is 7.48. The number of fused-ring (bicyclic) bond motifs is 1. The second-order valence-electron chi connectivity index (χ2n) is 6.00. The summed E-state index contributed by atoms with van der Waals surface area (Å²) in [5.74, 6) is 0.0810. The summed E-state index contributed by atoms with van der Waals surface area (Å²) in [4.78, 5) is 45.5. The lowest BCUT2D eigenvalue weighted by atomic mass is 9.98. The van der Waals surface area contributed by atoms with Crippen molar-refractivity contribution in [3.05, 3.63) is 20.8 Å². The maximum Gasteiger partial charge on any atom is 0.332 e. The molecule has 1 atom stereocenters. The lowest BCUT2D eigenvalue weighted by Gasteiger charge is -2.31. The van der Waals surface area contributed by atoms with E-state index in [0.717, 1.165) is 24.0 Å². The first-order chi connectivity index (χ1) is 11.4. The lowest BCUT2D eigenvalue weighted by Crippen LogP contribution is -2.40. The highest BCUT2D eigenvalue weighted by Gasteiger charge is 2.28. The number of ether oxygens (including phenoxy) is 1. The predicted molar refractivity (Wildman–Crippen MR) is 88.1 cm³/mol. The molecule has 3 rings (SSSR count). The van der Waals surface area contributed by atoms with E-state index in [9.17, 15) is 14.4 Å². The Bertz CT molecular complexity index is 894. The second-order valence-corrected chi connectivity index (χ2v) is 6.00. The van der Waals surface area contributed by atoms with Gasteiger partial charge in [-0.1, -0.05) is 0 Å². The van der Waals surface area contributed by atoms with Gasteiger partial charge in [-0.3, -0.25) is 18.7 Å². The van der Waals surface area contributed by atoms with Gasteiger partial charge in [-0.05, 0) is 19.8 Å². The molecule has 0 aromatic carbocycles. The first-order valence-electron chi connectivity index (χ1n) is 8.01. The summed E-state index contributed by atoms with van der Waals surface area (Å²) in [7, 11) is 3.01. The fourth-order valence-corrected chi connectivity index (χ4v) is 3.09. The van der Waals surface area contributed by atoms with Crippen LogP contribution in [-0.4, -0.2) is 44.8 Å². The quantitative estimate of drug-likeness (QED) is 0.775. The molecule has 0 amide bonds. The van der Waals surface area contributed by atoms with Gasteiger partial charge in [0.05, 0.1) is 12.5 Å². The number of H-pyrrole nitrogens is 1. The van der Waals surface area contributed by atoms with Crippen LogP contribution in [0.5, 0.6) is 0 Å². The molecule has 1 saturated heterocycles. The molecule has 0 spiro atoms. The van der Waals surface area contributed by atoms with Crippen LogP contribution in [0.25, 0.3) is 11.2 Å². The van der Waals surface area contributed by atoms with E-state index in [1.54, 1.807) is 14.0 Å². The van der Waals surface area contributed by atoms with Crippen molar-refractivity contribution in [3.63, 3.8) is 0 Å². The monoisotopic (exact) mass is 335 g/mol. The smallest absolute Gasteiger partial charge is 0.332 e. The summed E-state index contributed by atoms with van der Waals surface area (Å²) in [6.07, 6.45) is 1.60. The van der Waals surface area contributed by atoms with Crippen molar-refractivity contribution in [2.45, 2.75) is 19.8 Å². The number of carbonyl (C=O) groups excluding carboxylic acids is 1. The van der Waals surface area contributed by atoms with Crippen LogP contribution < -0.4 is 16.1 Å². The van der Waals surface area contributed by atoms with E-state index in [-0.39, 0.29) is 17.4 Å². The summed E-state index contributed by atoms with van der Waals surface area (Å²) in [6, 6.07) is 0. The van der Waals surface area contributed by atoms with Crippen LogP contribution in [0.4, 0.5) is 5.95 Å². The SMILES string of the molecule is CCOC(=O)[C@@H]1CCCN(c2nc3c([nH]2)c(=O)n(C)c(=O)n3C)C1. The van der Waals surface area contributed by atoms with Gasteiger partial charge >= 0.3 is 11.7 Å². The fourth-order valence-electron chi connectivity index (χ4n) is 3.09. The number of piperidine rings is 1. The molecule has 3 heterocycles. The van der Waals surface area contributed by atoms with Crippen molar-refractivity contribution >= 4 is 23.1 Å². The molecule has 2 aromatic heterocycles. The van der Waals surface area contributed by atoms with Crippen molar-refractivity contribution in [3.8, 4) is 0 Å². The average Bonchev–Trinajstić information content (AvgIpc) is 3.04. The lowest BCUT2D eigenvalue weighted by molar-refractivity contribution is -0.148. The molecule has 0 unspecified atom stereocenters. The highest BCUT2D eigenvalue weighted by atomic mass is 16.5. The van der Waals surface area contributed by atoms with Gasteiger partial charge in [0, 0.05) is 27.2 Å². The van der Waals surface area contributed by atoms with Crippen LogP contribution in [0.15, 0.2) is 9.59 Å². The molecule has 1 fully saturated rings. The Balaban J connectivity index is 1.97. The van der Waals surface area contributed by atoms with E-state index in [2.05, 4.69) is 9.97 Å². The van der Waals surface area contributed by atoms with E-state index in [4.69, 9.17) is 4.74 Å². The Morgan fingerprint density at radius 1 is 1.33 bits per heavy atom. The van der Waals surface area contributed by atoms with Crippen molar-refractivity contribution in [1.82, 2.24) is 19.1 Å². The van der Waals surface area contributed by atoms with Crippen LogP contribution in [0.3, 0.4) is 0 Å². The van der Waals surface area contributed by atoms with Gasteiger partial charge in [-0.2, -0.15) is 4.98 Å². The Labute approximate surface area is 137 Å². The molecule has 0 bridgehead atoms. The number of carbonyl (C=O) groups is 1. The number of hydrogen-bond acceptors (Lipinski definition) is 6. The van der Waals surface area contributed by atoms with Crippen molar-refractivity contribution in [2.75, 3.05) is 24.6 Å². The van der Waals surface area contributed by atoms with E-state index < -0.39 is 11.2 Å². The minimum Gasteiger partial charge on any atom is -0.466 e. The number of aromatic amines is 1. The number of rotatable bonds is 3. The maximum absolute atomic E-state index is 12.2. The maximum atomic E-state index is 12.2. The molecular formula is C15H21N5O4. The van der Waals surface area contributed by atoms with E-state index in [1.807, 2.05) is 4.90 Å². The van der Waals surface area contributed by atoms with Crippen LogP contribution in [-0.2, 0) is 23.6 Å². The molecule has 0 radical (unpaired) electrons. The zero-order valence-corrected chi connectivity index (χ0v) is 14.0. The molecule has 24 heavy (non-hydrogen) atoms. The fraction of sp³-hybridized carbons (Fsp3) is 0.600. The molecule has 1 aliphatic rings. The van der Waals surface area contributed by atoms with Gasteiger partial charge in [0.15, 0.2) is 11.2 Å². The van der Waals surface area contributed by atoms with Crippen LogP contribution in [0.2, 0.25) is 0 Å². The number of aromatic nitrogens is 4. The number of anilines is 1. The number of nitrogens with one attached hydrogen (secondary N) is 1. The largest absolute Gasteiger partial charge is 0.466 e. The van der Waals surface area contributed by atoms with E-state index >= 15 is 0 Å². The minimum atomic E-state index is -0.423. The first kappa shape index (κ1) is 16.3. The Kier molecular flexibility index (Phi) is 4.16. The zero-order chi connectivity index (χ0) is 17.4. The van der Waals surface area contributed by atoms with Gasteiger partial charge in [-0.25, -0.2) is 4.79 Å². The summed E-state index contributed by atoms with van der Waals surface area (Å²) in [5, 5.41) is 0. The molecule has 0 aliphatic carbocycles. The summed E-state index contributed by atoms with van der Waals surface area (Å²) in [6.45, 7) is 3.35.